The zero-order valence-corrected chi connectivity index (χ0v) is 13.4. The molecule has 0 saturated heterocycles. The summed E-state index contributed by atoms with van der Waals surface area (Å²) in [6.45, 7) is 3.51. The van der Waals surface area contributed by atoms with Crippen LogP contribution in [0.4, 0.5) is 10.2 Å². The minimum Gasteiger partial charge on any atom is -0.383 e. The number of hydrogen-bond acceptors (Lipinski definition) is 6. The highest BCUT2D eigenvalue weighted by atomic mass is 19.1. The number of amidine groups is 1. The van der Waals surface area contributed by atoms with Crippen LogP contribution in [0.5, 0.6) is 0 Å². The van der Waals surface area contributed by atoms with E-state index in [-0.39, 0.29) is 11.7 Å². The highest BCUT2D eigenvalue weighted by Crippen LogP contribution is 2.13. The number of halogens is 1. The molecule has 1 aromatic heterocycles. The van der Waals surface area contributed by atoms with Gasteiger partial charge in [0.25, 0.3) is 0 Å². The van der Waals surface area contributed by atoms with Crippen molar-refractivity contribution < 1.29 is 9.23 Å². The first-order chi connectivity index (χ1) is 11.0. The van der Waals surface area contributed by atoms with Gasteiger partial charge in [-0.3, -0.25) is 10.2 Å². The van der Waals surface area contributed by atoms with E-state index in [1.807, 2.05) is 6.92 Å². The quantitative estimate of drug-likeness (QED) is 0.458. The number of hydroxylamine groups is 2. The highest BCUT2D eigenvalue weighted by Gasteiger charge is 2.16. The SMILES string of the molecule is CC/C=C\C(F)=NC(C)N=C(c1cccnc1N)N(C=N)OC. The summed E-state index contributed by atoms with van der Waals surface area (Å²) in [6, 6.07) is 3.36. The Labute approximate surface area is 134 Å². The van der Waals surface area contributed by atoms with Crippen LogP contribution >= 0.6 is 0 Å². The van der Waals surface area contributed by atoms with Crippen molar-refractivity contribution in [3.05, 3.63) is 36.0 Å². The predicted molar refractivity (Wildman–Crippen MR) is 90.3 cm³/mol. The van der Waals surface area contributed by atoms with Gasteiger partial charge in [0.2, 0.25) is 5.97 Å². The van der Waals surface area contributed by atoms with Gasteiger partial charge in [-0.05, 0) is 31.6 Å². The van der Waals surface area contributed by atoms with Crippen molar-refractivity contribution in [2.45, 2.75) is 26.4 Å². The monoisotopic (exact) mass is 320 g/mol. The molecule has 1 unspecified atom stereocenters. The molecule has 0 aliphatic rings. The van der Waals surface area contributed by atoms with Crippen molar-refractivity contribution in [2.24, 2.45) is 9.98 Å². The first-order valence-corrected chi connectivity index (χ1v) is 7.05. The van der Waals surface area contributed by atoms with Crippen molar-refractivity contribution >= 4 is 24.0 Å². The Bertz CT molecular complexity index is 614. The van der Waals surface area contributed by atoms with Crippen LogP contribution in [-0.4, -0.2) is 41.5 Å². The third kappa shape index (κ3) is 5.59. The van der Waals surface area contributed by atoms with Crippen LogP contribution in [-0.2, 0) is 4.84 Å². The predicted octanol–water partition coefficient (Wildman–Crippen LogP) is 2.56. The van der Waals surface area contributed by atoms with Crippen molar-refractivity contribution in [1.82, 2.24) is 10.0 Å². The minimum absolute atomic E-state index is 0.219. The Morgan fingerprint density at radius 2 is 2.30 bits per heavy atom. The van der Waals surface area contributed by atoms with Crippen LogP contribution in [0.25, 0.3) is 0 Å². The summed E-state index contributed by atoms with van der Waals surface area (Å²) < 4.78 is 13.6. The van der Waals surface area contributed by atoms with Crippen molar-refractivity contribution in [2.75, 3.05) is 12.8 Å². The first kappa shape index (κ1) is 18.4. The summed E-state index contributed by atoms with van der Waals surface area (Å²) in [6.07, 6.45) is 5.39. The van der Waals surface area contributed by atoms with Gasteiger partial charge in [-0.2, -0.15) is 9.45 Å². The molecule has 1 rings (SSSR count). The standard InChI is InChI=1S/C15H21FN6O/c1-4-5-8-13(16)20-11(2)21-15(22(10-17)23-3)12-7-6-9-19-14(12)18/h5-11,17H,4H2,1-3H3,(H2,18,19)/b8-5-,17-10?,20-13?,21-15?. The first-order valence-electron chi connectivity index (χ1n) is 7.05. The van der Waals surface area contributed by atoms with Gasteiger partial charge in [0, 0.05) is 6.20 Å². The maximum absolute atomic E-state index is 13.6. The van der Waals surface area contributed by atoms with Gasteiger partial charge >= 0.3 is 0 Å². The lowest BCUT2D eigenvalue weighted by molar-refractivity contribution is 0.00527. The van der Waals surface area contributed by atoms with E-state index in [1.165, 1.54) is 19.4 Å². The molecule has 124 valence electrons. The smallest absolute Gasteiger partial charge is 0.210 e. The van der Waals surface area contributed by atoms with E-state index < -0.39 is 12.1 Å². The van der Waals surface area contributed by atoms with E-state index in [2.05, 4.69) is 15.0 Å². The molecule has 1 atom stereocenters. The molecule has 0 amide bonds. The Hall–Kier alpha value is -2.61. The Morgan fingerprint density at radius 1 is 1.57 bits per heavy atom. The summed E-state index contributed by atoms with van der Waals surface area (Å²) in [7, 11) is 1.38. The van der Waals surface area contributed by atoms with Gasteiger partial charge in [0.1, 0.15) is 18.3 Å². The number of nitrogens with two attached hydrogens (primary N) is 1. The highest BCUT2D eigenvalue weighted by molar-refractivity contribution is 6.06. The van der Waals surface area contributed by atoms with E-state index >= 15 is 0 Å². The molecule has 1 aromatic rings. The molecule has 3 N–H and O–H groups in total. The average molecular weight is 320 g/mol. The largest absolute Gasteiger partial charge is 0.383 e. The van der Waals surface area contributed by atoms with Crippen LogP contribution in [0.15, 0.2) is 40.5 Å². The number of allylic oxidation sites excluding steroid dienone is 2. The minimum atomic E-state index is -0.733. The number of rotatable bonds is 7. The summed E-state index contributed by atoms with van der Waals surface area (Å²) in [4.78, 5) is 17.1. The van der Waals surface area contributed by atoms with Gasteiger partial charge < -0.3 is 5.73 Å². The van der Waals surface area contributed by atoms with Crippen LogP contribution in [0.2, 0.25) is 0 Å². The lowest BCUT2D eigenvalue weighted by atomic mass is 10.2. The molecule has 0 aliphatic heterocycles. The summed E-state index contributed by atoms with van der Waals surface area (Å²) in [5, 5.41) is 8.50. The maximum Gasteiger partial charge on any atom is 0.210 e. The average Bonchev–Trinajstić information content (AvgIpc) is 2.53. The van der Waals surface area contributed by atoms with Gasteiger partial charge in [-0.15, -0.1) is 0 Å². The van der Waals surface area contributed by atoms with Gasteiger partial charge in [-0.1, -0.05) is 13.0 Å². The topological polar surface area (TPSA) is 100.0 Å². The molecule has 0 aliphatic carbocycles. The molecule has 23 heavy (non-hydrogen) atoms. The summed E-state index contributed by atoms with van der Waals surface area (Å²) in [5.74, 6) is -0.185. The van der Waals surface area contributed by atoms with E-state index in [0.717, 1.165) is 11.4 Å². The lowest BCUT2D eigenvalue weighted by Gasteiger charge is -2.19. The second-order valence-corrected chi connectivity index (χ2v) is 4.42. The number of hydrogen-bond donors (Lipinski definition) is 2. The number of aliphatic imine (C=N–C) groups is 2. The van der Waals surface area contributed by atoms with E-state index in [9.17, 15) is 4.39 Å². The lowest BCUT2D eigenvalue weighted by Crippen LogP contribution is -2.31. The number of nitrogens with zero attached hydrogens (tertiary/aromatic N) is 4. The third-order valence-electron chi connectivity index (χ3n) is 2.71. The molecule has 0 aromatic carbocycles. The van der Waals surface area contributed by atoms with Gasteiger partial charge in [-0.25, -0.2) is 15.0 Å². The zero-order valence-electron chi connectivity index (χ0n) is 13.4. The Balaban J connectivity index is 3.22. The molecular formula is C15H21FN6O. The van der Waals surface area contributed by atoms with Crippen molar-refractivity contribution in [1.29, 1.82) is 5.41 Å². The van der Waals surface area contributed by atoms with E-state index in [1.54, 1.807) is 25.1 Å². The number of nitrogen functional groups attached to an aromatic ring is 1. The molecule has 8 heteroatoms. The molecule has 0 bridgehead atoms. The molecule has 0 radical (unpaired) electrons. The molecule has 0 fully saturated rings. The molecule has 0 saturated carbocycles. The van der Waals surface area contributed by atoms with E-state index in [4.69, 9.17) is 16.0 Å². The van der Waals surface area contributed by atoms with Crippen LogP contribution in [0, 0.1) is 5.41 Å². The number of anilines is 1. The fraction of sp³-hybridized carbons (Fsp3) is 0.333. The van der Waals surface area contributed by atoms with Crippen LogP contribution in [0.3, 0.4) is 0 Å². The van der Waals surface area contributed by atoms with Crippen LogP contribution in [0.1, 0.15) is 25.8 Å². The molecule has 7 nitrogen and oxygen atoms in total. The van der Waals surface area contributed by atoms with Crippen molar-refractivity contribution in [3.63, 3.8) is 0 Å². The molecule has 0 spiro atoms. The third-order valence-corrected chi connectivity index (χ3v) is 2.71. The van der Waals surface area contributed by atoms with Gasteiger partial charge in [0.15, 0.2) is 5.84 Å². The fourth-order valence-corrected chi connectivity index (χ4v) is 1.69. The second-order valence-electron chi connectivity index (χ2n) is 4.42. The van der Waals surface area contributed by atoms with E-state index in [0.29, 0.717) is 12.0 Å². The summed E-state index contributed by atoms with van der Waals surface area (Å²) in [5.41, 5.74) is 6.30. The Morgan fingerprint density at radius 3 is 2.87 bits per heavy atom. The summed E-state index contributed by atoms with van der Waals surface area (Å²) >= 11 is 0. The maximum atomic E-state index is 13.6. The second kappa shape index (κ2) is 9.42. The van der Waals surface area contributed by atoms with Gasteiger partial charge in [0.05, 0.1) is 12.7 Å². The normalized spacial score (nSPS) is 14.1. The fourth-order valence-electron chi connectivity index (χ4n) is 1.69. The number of pyridine rings is 1. The van der Waals surface area contributed by atoms with Crippen LogP contribution < -0.4 is 5.73 Å². The zero-order chi connectivity index (χ0) is 17.2. The Kier molecular flexibility index (Phi) is 7.55. The van der Waals surface area contributed by atoms with Crippen molar-refractivity contribution in [3.8, 4) is 0 Å². The molecule has 1 heterocycles. The number of aromatic nitrogens is 1. The molecular weight excluding hydrogens is 299 g/mol. The number of nitrogens with one attached hydrogen (secondary N) is 1.